The minimum absolute atomic E-state index is 0.143. The van der Waals surface area contributed by atoms with Crippen molar-refractivity contribution in [1.82, 2.24) is 4.98 Å². The molecule has 2 aromatic rings. The highest BCUT2D eigenvalue weighted by Gasteiger charge is 2.31. The van der Waals surface area contributed by atoms with Crippen molar-refractivity contribution in [3.05, 3.63) is 58.3 Å². The van der Waals surface area contributed by atoms with Crippen LogP contribution in [-0.2, 0) is 6.42 Å². The Bertz CT molecular complexity index is 756. The predicted molar refractivity (Wildman–Crippen MR) is 75.3 cm³/mol. The van der Waals surface area contributed by atoms with Crippen LogP contribution in [0.5, 0.6) is 0 Å². The molecule has 0 saturated heterocycles. The molecule has 106 valence electrons. The molecule has 1 aliphatic carbocycles. The second-order valence-electron chi connectivity index (χ2n) is 4.94. The molecule has 5 heteroatoms. The highest BCUT2D eigenvalue weighted by molar-refractivity contribution is 6.14. The number of aromatic nitrogens is 1. The first-order chi connectivity index (χ1) is 10.1. The van der Waals surface area contributed by atoms with Gasteiger partial charge in [0.05, 0.1) is 5.56 Å². The number of carbonyl (C=O) groups excluding carboxylic acids is 1. The fraction of sp³-hybridized carbons (Fsp3) is 0.188. The standard InChI is InChI=1S/C16H13NO4/c1-9-13-12(21-15(9)16(19)20)5-4-11(14(13)18)7-10-3-2-6-17-8-10/h2-3,6-8H,4-5H2,1H3,(H,19,20)/b11-7-. The van der Waals surface area contributed by atoms with Gasteiger partial charge in [-0.25, -0.2) is 4.79 Å². The lowest BCUT2D eigenvalue weighted by atomic mass is 9.88. The Morgan fingerprint density at radius 1 is 1.43 bits per heavy atom. The van der Waals surface area contributed by atoms with Gasteiger partial charge in [0.1, 0.15) is 5.76 Å². The number of hydrogen-bond acceptors (Lipinski definition) is 4. The molecule has 0 bridgehead atoms. The van der Waals surface area contributed by atoms with Crippen LogP contribution in [0.2, 0.25) is 0 Å². The van der Waals surface area contributed by atoms with E-state index in [2.05, 4.69) is 4.98 Å². The third-order valence-corrected chi connectivity index (χ3v) is 3.58. The van der Waals surface area contributed by atoms with Gasteiger partial charge >= 0.3 is 5.97 Å². The van der Waals surface area contributed by atoms with Gasteiger partial charge in [-0.1, -0.05) is 6.07 Å². The molecule has 5 nitrogen and oxygen atoms in total. The molecule has 0 aliphatic heterocycles. The Morgan fingerprint density at radius 2 is 2.24 bits per heavy atom. The molecule has 0 atom stereocenters. The molecule has 2 aromatic heterocycles. The average molecular weight is 283 g/mol. The van der Waals surface area contributed by atoms with Gasteiger partial charge in [0, 0.05) is 30.0 Å². The minimum atomic E-state index is -1.15. The number of carboxylic acid groups (broad SMARTS) is 1. The predicted octanol–water partition coefficient (Wildman–Crippen LogP) is 2.89. The SMILES string of the molecule is Cc1c(C(=O)O)oc2c1C(=O)/C(=C\c1cccnc1)CC2. The highest BCUT2D eigenvalue weighted by atomic mass is 16.4. The van der Waals surface area contributed by atoms with E-state index in [0.717, 1.165) is 5.56 Å². The molecule has 1 N–H and O–H groups in total. The molecule has 0 unspecified atom stereocenters. The van der Waals surface area contributed by atoms with Gasteiger partial charge in [-0.05, 0) is 31.1 Å². The van der Waals surface area contributed by atoms with Crippen molar-refractivity contribution < 1.29 is 19.1 Å². The summed E-state index contributed by atoms with van der Waals surface area (Å²) in [5, 5.41) is 9.07. The Hall–Kier alpha value is -2.69. The number of pyridine rings is 1. The number of carboxylic acids is 1. The van der Waals surface area contributed by atoms with Crippen molar-refractivity contribution in [3.63, 3.8) is 0 Å². The van der Waals surface area contributed by atoms with Crippen molar-refractivity contribution in [1.29, 1.82) is 0 Å². The molecule has 0 radical (unpaired) electrons. The fourth-order valence-corrected chi connectivity index (χ4v) is 2.57. The lowest BCUT2D eigenvalue weighted by molar-refractivity contribution is 0.0659. The number of ketones is 1. The van der Waals surface area contributed by atoms with Crippen LogP contribution in [-0.4, -0.2) is 21.8 Å². The molecule has 0 amide bonds. The molecule has 3 rings (SSSR count). The Labute approximate surface area is 120 Å². The number of aryl methyl sites for hydroxylation is 1. The molecule has 1 aliphatic rings. The van der Waals surface area contributed by atoms with E-state index in [1.54, 1.807) is 31.5 Å². The molecule has 0 saturated carbocycles. The van der Waals surface area contributed by atoms with Gasteiger partial charge in [-0.15, -0.1) is 0 Å². The number of hydrogen-bond donors (Lipinski definition) is 1. The number of fused-ring (bicyclic) bond motifs is 1. The zero-order valence-corrected chi connectivity index (χ0v) is 11.4. The zero-order valence-electron chi connectivity index (χ0n) is 11.4. The lowest BCUT2D eigenvalue weighted by Gasteiger charge is -2.13. The van der Waals surface area contributed by atoms with Crippen molar-refractivity contribution in [2.45, 2.75) is 19.8 Å². The summed E-state index contributed by atoms with van der Waals surface area (Å²) >= 11 is 0. The second kappa shape index (κ2) is 5.01. The van der Waals surface area contributed by atoms with E-state index in [1.165, 1.54) is 0 Å². The quantitative estimate of drug-likeness (QED) is 0.857. The third kappa shape index (κ3) is 2.27. The van der Waals surface area contributed by atoms with Gasteiger partial charge in [0.25, 0.3) is 0 Å². The molecular formula is C16H13NO4. The van der Waals surface area contributed by atoms with Gasteiger partial charge in [-0.2, -0.15) is 0 Å². The number of Topliss-reactive ketones (excluding diaryl/α,β-unsaturated/α-hetero) is 1. The first-order valence-electron chi connectivity index (χ1n) is 6.58. The van der Waals surface area contributed by atoms with Crippen molar-refractivity contribution in [3.8, 4) is 0 Å². The summed E-state index contributed by atoms with van der Waals surface area (Å²) in [7, 11) is 0. The summed E-state index contributed by atoms with van der Waals surface area (Å²) in [5.41, 5.74) is 2.30. The number of aromatic carboxylic acids is 1. The Morgan fingerprint density at radius 3 is 2.90 bits per heavy atom. The van der Waals surface area contributed by atoms with Crippen molar-refractivity contribution in [2.24, 2.45) is 0 Å². The normalized spacial score (nSPS) is 16.0. The van der Waals surface area contributed by atoms with Crippen LogP contribution in [0.25, 0.3) is 6.08 Å². The van der Waals surface area contributed by atoms with Crippen LogP contribution in [0, 0.1) is 6.92 Å². The van der Waals surface area contributed by atoms with Gasteiger partial charge in [0.15, 0.2) is 5.78 Å². The van der Waals surface area contributed by atoms with E-state index in [1.807, 2.05) is 6.07 Å². The fourth-order valence-electron chi connectivity index (χ4n) is 2.57. The zero-order chi connectivity index (χ0) is 15.0. The van der Waals surface area contributed by atoms with E-state index >= 15 is 0 Å². The van der Waals surface area contributed by atoms with E-state index < -0.39 is 5.97 Å². The van der Waals surface area contributed by atoms with Crippen LogP contribution in [0.3, 0.4) is 0 Å². The topological polar surface area (TPSA) is 80.4 Å². The number of carbonyl (C=O) groups is 2. The molecule has 0 spiro atoms. The van der Waals surface area contributed by atoms with Crippen molar-refractivity contribution in [2.75, 3.05) is 0 Å². The Kier molecular flexibility index (Phi) is 3.17. The van der Waals surface area contributed by atoms with E-state index in [-0.39, 0.29) is 11.5 Å². The van der Waals surface area contributed by atoms with Gasteiger partial charge in [0.2, 0.25) is 5.76 Å². The number of rotatable bonds is 2. The Balaban J connectivity index is 2.03. The number of furan rings is 1. The summed E-state index contributed by atoms with van der Waals surface area (Å²) in [4.78, 5) is 27.6. The maximum absolute atomic E-state index is 12.5. The van der Waals surface area contributed by atoms with Crippen LogP contribution in [0.4, 0.5) is 0 Å². The summed E-state index contributed by atoms with van der Waals surface area (Å²) < 4.78 is 5.31. The van der Waals surface area contributed by atoms with Crippen LogP contribution in [0.15, 0.2) is 34.5 Å². The largest absolute Gasteiger partial charge is 0.475 e. The smallest absolute Gasteiger partial charge is 0.372 e. The molecule has 2 heterocycles. The molecular weight excluding hydrogens is 270 g/mol. The van der Waals surface area contributed by atoms with Gasteiger partial charge in [-0.3, -0.25) is 9.78 Å². The maximum Gasteiger partial charge on any atom is 0.372 e. The summed E-state index contributed by atoms with van der Waals surface area (Å²) in [6.45, 7) is 1.61. The summed E-state index contributed by atoms with van der Waals surface area (Å²) in [6, 6.07) is 3.67. The third-order valence-electron chi connectivity index (χ3n) is 3.58. The molecule has 0 fully saturated rings. The van der Waals surface area contributed by atoms with Crippen LogP contribution in [0.1, 0.15) is 44.2 Å². The van der Waals surface area contributed by atoms with Gasteiger partial charge < -0.3 is 9.52 Å². The first-order valence-corrected chi connectivity index (χ1v) is 6.58. The van der Waals surface area contributed by atoms with E-state index in [9.17, 15) is 9.59 Å². The van der Waals surface area contributed by atoms with E-state index in [0.29, 0.717) is 35.3 Å². The van der Waals surface area contributed by atoms with Crippen LogP contribution < -0.4 is 0 Å². The maximum atomic E-state index is 12.5. The summed E-state index contributed by atoms with van der Waals surface area (Å²) in [6.07, 6.45) is 6.21. The molecule has 21 heavy (non-hydrogen) atoms. The average Bonchev–Trinajstić information content (AvgIpc) is 2.81. The van der Waals surface area contributed by atoms with E-state index in [4.69, 9.17) is 9.52 Å². The minimum Gasteiger partial charge on any atom is -0.475 e. The summed E-state index contributed by atoms with van der Waals surface area (Å²) in [5.74, 6) is -0.976. The first kappa shape index (κ1) is 13.3. The molecule has 0 aromatic carbocycles. The number of allylic oxidation sites excluding steroid dienone is 1. The monoisotopic (exact) mass is 283 g/mol. The van der Waals surface area contributed by atoms with Crippen molar-refractivity contribution >= 4 is 17.8 Å². The lowest BCUT2D eigenvalue weighted by Crippen LogP contribution is -2.13. The second-order valence-corrected chi connectivity index (χ2v) is 4.94. The number of nitrogens with zero attached hydrogens (tertiary/aromatic N) is 1. The highest BCUT2D eigenvalue weighted by Crippen LogP contribution is 2.32. The van der Waals surface area contributed by atoms with Crippen LogP contribution >= 0.6 is 0 Å².